The van der Waals surface area contributed by atoms with Crippen LogP contribution in [-0.2, 0) is 0 Å². The number of aliphatic hydroxyl groups is 2. The molecule has 0 aliphatic heterocycles. The number of rotatable bonds is 8. The summed E-state index contributed by atoms with van der Waals surface area (Å²) in [6.45, 7) is 3.67. The lowest BCUT2D eigenvalue weighted by Crippen LogP contribution is -2.21. The molecule has 0 spiro atoms. The number of nitriles is 2. The third kappa shape index (κ3) is 5.72. The molecule has 6 heteroatoms. The van der Waals surface area contributed by atoms with Gasteiger partial charge in [-0.05, 0) is 26.7 Å². The maximum Gasteiger partial charge on any atom is 0.0783 e. The maximum absolute atomic E-state index is 8.96. The molecule has 0 saturated heterocycles. The Balaban J connectivity index is 4.34. The lowest BCUT2D eigenvalue weighted by molar-refractivity contribution is 0.231. The Morgan fingerprint density at radius 3 is 1.44 bits per heavy atom. The fraction of sp³-hybridized carbons (Fsp3) is 0.833. The van der Waals surface area contributed by atoms with Crippen molar-refractivity contribution in [3.63, 3.8) is 0 Å². The summed E-state index contributed by atoms with van der Waals surface area (Å²) in [5, 5.41) is 43.4. The van der Waals surface area contributed by atoms with Gasteiger partial charge in [0.05, 0.1) is 36.1 Å². The second kappa shape index (κ2) is 7.75. The quantitative estimate of drug-likeness (QED) is 0.633. The average Bonchev–Trinajstić information content (AvgIpc) is 2.35. The van der Waals surface area contributed by atoms with Gasteiger partial charge in [-0.25, -0.2) is 0 Å². The van der Waals surface area contributed by atoms with Crippen LogP contribution in [0.5, 0.6) is 0 Å². The second-order valence-corrected chi connectivity index (χ2v) is 4.89. The van der Waals surface area contributed by atoms with E-state index in [1.165, 1.54) is 0 Å². The fourth-order valence-electron chi connectivity index (χ4n) is 1.25. The van der Waals surface area contributed by atoms with Crippen molar-refractivity contribution in [2.75, 3.05) is 26.3 Å². The van der Waals surface area contributed by atoms with Crippen LogP contribution in [0.3, 0.4) is 0 Å². The van der Waals surface area contributed by atoms with E-state index in [1.54, 1.807) is 13.8 Å². The molecule has 0 saturated carbocycles. The first kappa shape index (κ1) is 16.5. The first-order chi connectivity index (χ1) is 8.45. The minimum absolute atomic E-state index is 0.0694. The first-order valence-electron chi connectivity index (χ1n) is 5.83. The third-order valence-electron chi connectivity index (χ3n) is 2.81. The molecule has 0 heterocycles. The summed E-state index contributed by atoms with van der Waals surface area (Å²) in [7, 11) is 0. The molecule has 0 aromatic carbocycles. The summed E-state index contributed by atoms with van der Waals surface area (Å²) in [5.74, 6) is 0. The highest BCUT2D eigenvalue weighted by Crippen LogP contribution is 2.22. The van der Waals surface area contributed by atoms with E-state index in [1.807, 2.05) is 0 Å². The summed E-state index contributed by atoms with van der Waals surface area (Å²) < 4.78 is 0. The Labute approximate surface area is 108 Å². The smallest absolute Gasteiger partial charge is 0.0783 e. The van der Waals surface area contributed by atoms with E-state index in [0.717, 1.165) is 0 Å². The van der Waals surface area contributed by atoms with Gasteiger partial charge in [0.2, 0.25) is 0 Å². The molecular weight excluding hydrogens is 232 g/mol. The lowest BCUT2D eigenvalue weighted by atomic mass is 9.89. The number of nitrogens with zero attached hydrogens (tertiary/aromatic N) is 4. The van der Waals surface area contributed by atoms with Gasteiger partial charge in [-0.15, -0.1) is 0 Å². The molecule has 0 radical (unpaired) electrons. The molecule has 2 N–H and O–H groups in total. The van der Waals surface area contributed by atoms with Gasteiger partial charge in [-0.3, -0.25) is 0 Å². The van der Waals surface area contributed by atoms with E-state index in [4.69, 9.17) is 20.7 Å². The number of hydrogen-bond acceptors (Lipinski definition) is 6. The van der Waals surface area contributed by atoms with E-state index in [-0.39, 0.29) is 26.3 Å². The molecule has 0 fully saturated rings. The Morgan fingerprint density at radius 2 is 1.22 bits per heavy atom. The monoisotopic (exact) mass is 252 g/mol. The van der Waals surface area contributed by atoms with Gasteiger partial charge < -0.3 is 10.2 Å². The largest absolute Gasteiger partial charge is 0.396 e. The summed E-state index contributed by atoms with van der Waals surface area (Å²) in [6, 6.07) is 4.19. The number of aliphatic hydroxyl groups excluding tert-OH is 2. The van der Waals surface area contributed by atoms with Gasteiger partial charge in [0, 0.05) is 13.2 Å². The summed E-state index contributed by atoms with van der Waals surface area (Å²) >= 11 is 0. The summed E-state index contributed by atoms with van der Waals surface area (Å²) in [5.41, 5.74) is -1.45. The molecule has 2 atom stereocenters. The highest BCUT2D eigenvalue weighted by atomic mass is 16.3. The van der Waals surface area contributed by atoms with Crippen LogP contribution in [0.1, 0.15) is 26.7 Å². The Kier molecular flexibility index (Phi) is 7.11. The minimum atomic E-state index is -0.724. The van der Waals surface area contributed by atoms with Crippen LogP contribution in [-0.4, -0.2) is 36.5 Å². The van der Waals surface area contributed by atoms with Gasteiger partial charge in [0.1, 0.15) is 0 Å². The molecule has 0 aliphatic rings. The molecule has 0 amide bonds. The number of hydrogen-bond donors (Lipinski definition) is 2. The zero-order valence-electron chi connectivity index (χ0n) is 10.9. The molecule has 0 aliphatic carbocycles. The molecular formula is C12H20N4O2. The fourth-order valence-corrected chi connectivity index (χ4v) is 1.25. The molecule has 6 nitrogen and oxygen atoms in total. The predicted octanol–water partition coefficient (Wildman–Crippen LogP) is 1.26. The van der Waals surface area contributed by atoms with Crippen molar-refractivity contribution >= 4 is 0 Å². The van der Waals surface area contributed by atoms with Crippen molar-refractivity contribution in [3.8, 4) is 12.1 Å². The molecule has 18 heavy (non-hydrogen) atoms. The van der Waals surface area contributed by atoms with Crippen LogP contribution in [0.4, 0.5) is 0 Å². The van der Waals surface area contributed by atoms with Crippen molar-refractivity contribution in [1.82, 2.24) is 0 Å². The van der Waals surface area contributed by atoms with Crippen molar-refractivity contribution in [1.29, 1.82) is 10.5 Å². The highest BCUT2D eigenvalue weighted by Gasteiger charge is 2.25. The average molecular weight is 252 g/mol. The van der Waals surface area contributed by atoms with Crippen LogP contribution in [0.15, 0.2) is 10.2 Å². The molecule has 0 aromatic heterocycles. The predicted molar refractivity (Wildman–Crippen MR) is 65.4 cm³/mol. The summed E-state index contributed by atoms with van der Waals surface area (Å²) in [4.78, 5) is 0. The normalized spacial score (nSPS) is 17.7. The minimum Gasteiger partial charge on any atom is -0.396 e. The van der Waals surface area contributed by atoms with E-state index in [0.29, 0.717) is 12.8 Å². The van der Waals surface area contributed by atoms with Crippen LogP contribution < -0.4 is 0 Å². The Morgan fingerprint density at radius 1 is 0.889 bits per heavy atom. The van der Waals surface area contributed by atoms with Crippen LogP contribution in [0.25, 0.3) is 0 Å². The van der Waals surface area contributed by atoms with E-state index >= 15 is 0 Å². The van der Waals surface area contributed by atoms with Gasteiger partial charge in [-0.1, -0.05) is 0 Å². The van der Waals surface area contributed by atoms with Gasteiger partial charge in [-0.2, -0.15) is 20.8 Å². The number of azo groups is 1. The van der Waals surface area contributed by atoms with Crippen LogP contribution in [0.2, 0.25) is 0 Å². The standard InChI is InChI=1S/C12H20N4O2/c1-11(7-13,3-5-17)9-15-16-10-12(2,8-14)4-6-18/h17-18H,3-6,9-10H2,1-2H3. The zero-order valence-corrected chi connectivity index (χ0v) is 10.9. The van der Waals surface area contributed by atoms with Crippen molar-refractivity contribution in [2.24, 2.45) is 21.1 Å². The highest BCUT2D eigenvalue weighted by molar-refractivity contribution is 4.98. The summed E-state index contributed by atoms with van der Waals surface area (Å²) in [6.07, 6.45) is 0.684. The van der Waals surface area contributed by atoms with Gasteiger partial charge in [0.15, 0.2) is 0 Å². The maximum atomic E-state index is 8.96. The topological polar surface area (TPSA) is 113 Å². The zero-order chi connectivity index (χ0) is 14.1. The Hall–Kier alpha value is -1.50. The molecule has 0 rings (SSSR count). The molecule has 100 valence electrons. The molecule has 0 aromatic rings. The van der Waals surface area contributed by atoms with E-state index in [9.17, 15) is 0 Å². The molecule has 2 unspecified atom stereocenters. The first-order valence-corrected chi connectivity index (χ1v) is 5.83. The van der Waals surface area contributed by atoms with Gasteiger partial charge >= 0.3 is 0 Å². The molecule has 0 bridgehead atoms. The van der Waals surface area contributed by atoms with E-state index < -0.39 is 10.8 Å². The van der Waals surface area contributed by atoms with Crippen molar-refractivity contribution in [2.45, 2.75) is 26.7 Å². The van der Waals surface area contributed by atoms with E-state index in [2.05, 4.69) is 22.4 Å². The van der Waals surface area contributed by atoms with Gasteiger partial charge in [0.25, 0.3) is 0 Å². The lowest BCUT2D eigenvalue weighted by Gasteiger charge is -2.18. The second-order valence-electron chi connectivity index (χ2n) is 4.89. The van der Waals surface area contributed by atoms with Crippen LogP contribution in [0, 0.1) is 33.5 Å². The third-order valence-corrected chi connectivity index (χ3v) is 2.81. The van der Waals surface area contributed by atoms with Crippen molar-refractivity contribution in [3.05, 3.63) is 0 Å². The van der Waals surface area contributed by atoms with Crippen molar-refractivity contribution < 1.29 is 10.2 Å². The Bertz CT molecular complexity index is 324. The SMILES string of the molecule is CC(C#N)(CCO)CN=NCC(C)(C#N)CCO. The van der Waals surface area contributed by atoms with Crippen LogP contribution >= 0.6 is 0 Å².